The first-order valence-corrected chi connectivity index (χ1v) is 9.20. The molecule has 0 saturated carbocycles. The van der Waals surface area contributed by atoms with E-state index in [9.17, 15) is 9.59 Å². The molecule has 1 N–H and O–H groups in total. The zero-order chi connectivity index (χ0) is 18.5. The fraction of sp³-hybridized carbons (Fsp3) is 0.211. The minimum absolute atomic E-state index is 0.0557. The molecule has 6 nitrogen and oxygen atoms in total. The number of hydrogen-bond acceptors (Lipinski definition) is 5. The summed E-state index contributed by atoms with van der Waals surface area (Å²) in [6.07, 6.45) is 1.56. The first-order chi connectivity index (χ1) is 12.6. The summed E-state index contributed by atoms with van der Waals surface area (Å²) < 4.78 is 5.29. The molecule has 3 aromatic rings. The summed E-state index contributed by atoms with van der Waals surface area (Å²) in [7, 11) is 0. The fourth-order valence-corrected chi connectivity index (χ4v) is 3.28. The Balaban J connectivity index is 1.74. The molecule has 134 valence electrons. The van der Waals surface area contributed by atoms with Gasteiger partial charge in [-0.2, -0.15) is 0 Å². The van der Waals surface area contributed by atoms with Crippen molar-refractivity contribution in [3.63, 3.8) is 0 Å². The highest BCUT2D eigenvalue weighted by Crippen LogP contribution is 2.24. The van der Waals surface area contributed by atoms with Crippen molar-refractivity contribution in [3.8, 4) is 10.8 Å². The van der Waals surface area contributed by atoms with Crippen LogP contribution in [0.5, 0.6) is 0 Å². The van der Waals surface area contributed by atoms with Crippen LogP contribution in [0.25, 0.3) is 10.8 Å². The molecule has 2 aromatic heterocycles. The van der Waals surface area contributed by atoms with Crippen molar-refractivity contribution in [2.75, 3.05) is 18.4 Å². The lowest BCUT2D eigenvalue weighted by molar-refractivity contribution is 0.0772. The van der Waals surface area contributed by atoms with Gasteiger partial charge in [0, 0.05) is 29.7 Å². The molecule has 0 saturated heterocycles. The topological polar surface area (TPSA) is 75.4 Å². The van der Waals surface area contributed by atoms with E-state index in [1.165, 1.54) is 11.3 Å². The Kier molecular flexibility index (Phi) is 5.48. The zero-order valence-electron chi connectivity index (χ0n) is 14.6. The van der Waals surface area contributed by atoms with Crippen LogP contribution in [-0.2, 0) is 0 Å². The van der Waals surface area contributed by atoms with Crippen LogP contribution in [0.15, 0.2) is 52.5 Å². The predicted octanol–water partition coefficient (Wildman–Crippen LogP) is 4.14. The number of nitrogens with zero attached hydrogens (tertiary/aromatic N) is 2. The van der Waals surface area contributed by atoms with E-state index in [4.69, 9.17) is 4.42 Å². The summed E-state index contributed by atoms with van der Waals surface area (Å²) in [5, 5.41) is 5.11. The molecule has 26 heavy (non-hydrogen) atoms. The average molecular weight is 369 g/mol. The van der Waals surface area contributed by atoms with Crippen LogP contribution in [0, 0.1) is 0 Å². The number of aromatic nitrogens is 1. The molecule has 0 aliphatic heterocycles. The van der Waals surface area contributed by atoms with Gasteiger partial charge in [-0.1, -0.05) is 6.07 Å². The Morgan fingerprint density at radius 2 is 2.00 bits per heavy atom. The average Bonchev–Trinajstić information content (AvgIpc) is 3.34. The number of carbonyl (C=O) groups is 2. The van der Waals surface area contributed by atoms with Gasteiger partial charge in [0.25, 0.3) is 11.8 Å². The standard InChI is InChI=1S/C19H19N3O3S/c1-3-22(4-2)19(24)13-7-5-8-14(11-13)20-17(23)15-12-26-18(21-15)16-9-6-10-25-16/h5-12H,3-4H2,1-2H3,(H,20,23). The van der Waals surface area contributed by atoms with Gasteiger partial charge in [-0.25, -0.2) is 4.98 Å². The monoisotopic (exact) mass is 369 g/mol. The van der Waals surface area contributed by atoms with Gasteiger partial charge in [-0.3, -0.25) is 9.59 Å². The van der Waals surface area contributed by atoms with Gasteiger partial charge in [0.05, 0.1) is 6.26 Å². The van der Waals surface area contributed by atoms with E-state index in [0.29, 0.717) is 40.8 Å². The van der Waals surface area contributed by atoms with Gasteiger partial charge in [0.2, 0.25) is 0 Å². The van der Waals surface area contributed by atoms with Crippen LogP contribution in [0.2, 0.25) is 0 Å². The normalized spacial score (nSPS) is 10.5. The van der Waals surface area contributed by atoms with E-state index in [2.05, 4.69) is 10.3 Å². The van der Waals surface area contributed by atoms with Gasteiger partial charge in [-0.15, -0.1) is 11.3 Å². The van der Waals surface area contributed by atoms with Gasteiger partial charge in [0.1, 0.15) is 5.69 Å². The second-order valence-electron chi connectivity index (χ2n) is 5.53. The number of furan rings is 1. The van der Waals surface area contributed by atoms with Crippen LogP contribution in [0.1, 0.15) is 34.7 Å². The predicted molar refractivity (Wildman–Crippen MR) is 101 cm³/mol. The summed E-state index contributed by atoms with van der Waals surface area (Å²) >= 11 is 1.34. The summed E-state index contributed by atoms with van der Waals surface area (Å²) in [6, 6.07) is 10.5. The van der Waals surface area contributed by atoms with E-state index in [-0.39, 0.29) is 11.8 Å². The largest absolute Gasteiger partial charge is 0.462 e. The second kappa shape index (κ2) is 7.97. The van der Waals surface area contributed by atoms with E-state index in [1.54, 1.807) is 52.9 Å². The third-order valence-corrected chi connectivity index (χ3v) is 4.74. The number of benzene rings is 1. The Labute approximate surface area is 155 Å². The Morgan fingerprint density at radius 1 is 1.19 bits per heavy atom. The van der Waals surface area contributed by atoms with Crippen LogP contribution in [0.3, 0.4) is 0 Å². The number of nitrogens with one attached hydrogen (secondary N) is 1. The molecule has 0 radical (unpaired) electrons. The molecule has 3 rings (SSSR count). The van der Waals surface area contributed by atoms with Gasteiger partial charge >= 0.3 is 0 Å². The molecule has 0 atom stereocenters. The van der Waals surface area contributed by atoms with Crippen LogP contribution >= 0.6 is 11.3 Å². The highest BCUT2D eigenvalue weighted by Gasteiger charge is 2.16. The summed E-state index contributed by atoms with van der Waals surface area (Å²) in [5.41, 5.74) is 1.41. The molecule has 0 fully saturated rings. The van der Waals surface area contributed by atoms with Crippen molar-refractivity contribution in [1.82, 2.24) is 9.88 Å². The molecular formula is C19H19N3O3S. The molecule has 7 heteroatoms. The van der Waals surface area contributed by atoms with Gasteiger partial charge in [0.15, 0.2) is 10.8 Å². The van der Waals surface area contributed by atoms with Crippen molar-refractivity contribution < 1.29 is 14.0 Å². The molecule has 0 aliphatic rings. The van der Waals surface area contributed by atoms with Crippen molar-refractivity contribution in [2.45, 2.75) is 13.8 Å². The lowest BCUT2D eigenvalue weighted by Crippen LogP contribution is -2.30. The minimum atomic E-state index is -0.327. The van der Waals surface area contributed by atoms with Crippen LogP contribution < -0.4 is 5.32 Å². The summed E-state index contributed by atoms with van der Waals surface area (Å²) in [4.78, 5) is 30.9. The van der Waals surface area contributed by atoms with E-state index in [1.807, 2.05) is 13.8 Å². The van der Waals surface area contributed by atoms with Crippen molar-refractivity contribution >= 4 is 28.8 Å². The van der Waals surface area contributed by atoms with E-state index in [0.717, 1.165) is 0 Å². The zero-order valence-corrected chi connectivity index (χ0v) is 15.4. The molecule has 0 bridgehead atoms. The molecular weight excluding hydrogens is 350 g/mol. The number of carbonyl (C=O) groups excluding carboxylic acids is 2. The number of anilines is 1. The maximum Gasteiger partial charge on any atom is 0.275 e. The molecule has 2 heterocycles. The van der Waals surface area contributed by atoms with Crippen molar-refractivity contribution in [1.29, 1.82) is 0 Å². The third-order valence-electron chi connectivity index (χ3n) is 3.89. The maximum absolute atomic E-state index is 12.4. The molecule has 0 unspecified atom stereocenters. The molecule has 2 amide bonds. The van der Waals surface area contributed by atoms with Crippen LogP contribution in [0.4, 0.5) is 5.69 Å². The lowest BCUT2D eigenvalue weighted by atomic mass is 10.1. The summed E-state index contributed by atoms with van der Waals surface area (Å²) in [5.74, 6) is 0.243. The summed E-state index contributed by atoms with van der Waals surface area (Å²) in [6.45, 7) is 5.15. The number of amides is 2. The Hall–Kier alpha value is -2.93. The Bertz CT molecular complexity index is 898. The van der Waals surface area contributed by atoms with Crippen molar-refractivity contribution in [3.05, 3.63) is 59.3 Å². The van der Waals surface area contributed by atoms with Crippen molar-refractivity contribution in [2.24, 2.45) is 0 Å². The SMILES string of the molecule is CCN(CC)C(=O)c1cccc(NC(=O)c2csc(-c3ccco3)n2)c1. The number of hydrogen-bond donors (Lipinski definition) is 1. The van der Waals surface area contributed by atoms with E-state index < -0.39 is 0 Å². The van der Waals surface area contributed by atoms with Gasteiger partial charge in [-0.05, 0) is 44.2 Å². The second-order valence-corrected chi connectivity index (χ2v) is 6.39. The van der Waals surface area contributed by atoms with Gasteiger partial charge < -0.3 is 14.6 Å². The molecule has 0 spiro atoms. The number of rotatable bonds is 6. The number of thiazole rings is 1. The highest BCUT2D eigenvalue weighted by molar-refractivity contribution is 7.13. The first-order valence-electron chi connectivity index (χ1n) is 8.32. The maximum atomic E-state index is 12.4. The third kappa shape index (κ3) is 3.83. The molecule has 0 aliphatic carbocycles. The lowest BCUT2D eigenvalue weighted by Gasteiger charge is -2.18. The quantitative estimate of drug-likeness (QED) is 0.709. The first kappa shape index (κ1) is 17.9. The highest BCUT2D eigenvalue weighted by atomic mass is 32.1. The smallest absolute Gasteiger partial charge is 0.275 e. The fourth-order valence-electron chi connectivity index (χ4n) is 2.51. The Morgan fingerprint density at radius 3 is 2.69 bits per heavy atom. The van der Waals surface area contributed by atoms with E-state index >= 15 is 0 Å². The molecule has 1 aromatic carbocycles. The van der Waals surface area contributed by atoms with Crippen LogP contribution in [-0.4, -0.2) is 34.8 Å². The minimum Gasteiger partial charge on any atom is -0.462 e.